The molecule has 0 spiro atoms. The Morgan fingerprint density at radius 2 is 1.71 bits per heavy atom. The number of nitrogens with two attached hydrogens (primary N) is 1. The topological polar surface area (TPSA) is 47.3 Å². The van der Waals surface area contributed by atoms with Crippen molar-refractivity contribution in [1.82, 2.24) is 5.43 Å². The molecule has 0 bridgehead atoms. The summed E-state index contributed by atoms with van der Waals surface area (Å²) >= 11 is 0. The van der Waals surface area contributed by atoms with Crippen molar-refractivity contribution in [1.29, 1.82) is 0 Å². The molecule has 2 aromatic rings. The molecule has 0 heterocycles. The normalized spacial score (nSPS) is 12.2. The summed E-state index contributed by atoms with van der Waals surface area (Å²) in [7, 11) is 1.69. The lowest BCUT2D eigenvalue weighted by atomic mass is 9.92. The number of ether oxygens (including phenoxy) is 1. The number of benzene rings is 2. The van der Waals surface area contributed by atoms with Crippen LogP contribution in [-0.4, -0.2) is 7.11 Å². The van der Waals surface area contributed by atoms with Gasteiger partial charge in [-0.3, -0.25) is 11.3 Å². The number of nitrogens with one attached hydrogen (secondary N) is 1. The van der Waals surface area contributed by atoms with Crippen LogP contribution in [0.4, 0.5) is 0 Å². The van der Waals surface area contributed by atoms with Crippen molar-refractivity contribution < 1.29 is 4.74 Å². The maximum absolute atomic E-state index is 5.79. The molecule has 0 saturated heterocycles. The van der Waals surface area contributed by atoms with Crippen molar-refractivity contribution in [3.63, 3.8) is 0 Å². The van der Waals surface area contributed by atoms with E-state index < -0.39 is 0 Å². The molecule has 0 aliphatic heterocycles. The first-order valence-corrected chi connectivity index (χ1v) is 7.22. The average Bonchev–Trinajstić information content (AvgIpc) is 2.47. The maximum atomic E-state index is 5.79. The number of methoxy groups -OCH3 is 1. The molecule has 21 heavy (non-hydrogen) atoms. The van der Waals surface area contributed by atoms with Crippen molar-refractivity contribution >= 4 is 0 Å². The minimum Gasteiger partial charge on any atom is -0.496 e. The first-order valence-electron chi connectivity index (χ1n) is 7.22. The Hall–Kier alpha value is -1.84. The van der Waals surface area contributed by atoms with Gasteiger partial charge in [-0.05, 0) is 61.1 Å². The highest BCUT2D eigenvalue weighted by molar-refractivity contribution is 5.39. The van der Waals surface area contributed by atoms with E-state index in [4.69, 9.17) is 10.6 Å². The van der Waals surface area contributed by atoms with E-state index in [2.05, 4.69) is 56.5 Å². The number of hydrogen-bond acceptors (Lipinski definition) is 3. The number of rotatable bonds is 5. The second kappa shape index (κ2) is 6.74. The summed E-state index contributed by atoms with van der Waals surface area (Å²) in [6, 6.07) is 12.7. The van der Waals surface area contributed by atoms with E-state index >= 15 is 0 Å². The van der Waals surface area contributed by atoms with Gasteiger partial charge in [0, 0.05) is 0 Å². The Morgan fingerprint density at radius 3 is 2.24 bits per heavy atom. The lowest BCUT2D eigenvalue weighted by Gasteiger charge is -2.20. The van der Waals surface area contributed by atoms with Crippen molar-refractivity contribution in [2.75, 3.05) is 7.11 Å². The molecule has 0 aliphatic rings. The Kier molecular flexibility index (Phi) is 4.99. The first kappa shape index (κ1) is 15.5. The summed E-state index contributed by atoms with van der Waals surface area (Å²) in [5.74, 6) is 6.70. The molecule has 0 fully saturated rings. The molecule has 0 radical (unpaired) electrons. The fraction of sp³-hybridized carbons (Fsp3) is 0.333. The third kappa shape index (κ3) is 3.43. The summed E-state index contributed by atoms with van der Waals surface area (Å²) in [5.41, 5.74) is 9.21. The number of aryl methyl sites for hydroxylation is 3. The van der Waals surface area contributed by atoms with Gasteiger partial charge in [0.25, 0.3) is 0 Å². The zero-order valence-electron chi connectivity index (χ0n) is 13.2. The second-order valence-electron chi connectivity index (χ2n) is 5.52. The molecule has 2 rings (SSSR count). The van der Waals surface area contributed by atoms with Gasteiger partial charge >= 0.3 is 0 Å². The monoisotopic (exact) mass is 284 g/mol. The Balaban J connectivity index is 2.30. The van der Waals surface area contributed by atoms with Gasteiger partial charge in [-0.2, -0.15) is 0 Å². The van der Waals surface area contributed by atoms with Crippen molar-refractivity contribution in [3.05, 3.63) is 64.2 Å². The van der Waals surface area contributed by atoms with Crippen LogP contribution in [0.25, 0.3) is 0 Å². The molecule has 3 N–H and O–H groups in total. The van der Waals surface area contributed by atoms with Gasteiger partial charge in [-0.25, -0.2) is 0 Å². The highest BCUT2D eigenvalue weighted by atomic mass is 16.5. The van der Waals surface area contributed by atoms with E-state index in [0.717, 1.165) is 17.7 Å². The molecular weight excluding hydrogens is 260 g/mol. The van der Waals surface area contributed by atoms with Crippen LogP contribution in [-0.2, 0) is 6.42 Å². The highest BCUT2D eigenvalue weighted by Gasteiger charge is 2.14. The Morgan fingerprint density at radius 1 is 1.05 bits per heavy atom. The number of hydrogen-bond donors (Lipinski definition) is 2. The second-order valence-corrected chi connectivity index (χ2v) is 5.52. The van der Waals surface area contributed by atoms with Crippen LogP contribution in [0.15, 0.2) is 36.4 Å². The van der Waals surface area contributed by atoms with Crippen LogP contribution in [0.2, 0.25) is 0 Å². The van der Waals surface area contributed by atoms with Crippen LogP contribution < -0.4 is 16.0 Å². The predicted octanol–water partition coefficient (Wildman–Crippen LogP) is 3.37. The lowest BCUT2D eigenvalue weighted by molar-refractivity contribution is 0.411. The summed E-state index contributed by atoms with van der Waals surface area (Å²) in [4.78, 5) is 0. The van der Waals surface area contributed by atoms with Gasteiger partial charge < -0.3 is 4.74 Å². The van der Waals surface area contributed by atoms with Crippen molar-refractivity contribution in [2.45, 2.75) is 33.2 Å². The molecule has 3 heteroatoms. The van der Waals surface area contributed by atoms with Gasteiger partial charge in [-0.1, -0.05) is 30.3 Å². The van der Waals surface area contributed by atoms with Gasteiger partial charge in [0.2, 0.25) is 0 Å². The molecular formula is C18H24N2O. The standard InChI is InChI=1S/C18H24N2O/c1-12-6-5-7-13(2)16(12)11-17(20-19)15-8-9-18(21-4)14(3)10-15/h5-10,17,20H,11,19H2,1-4H3. The minimum absolute atomic E-state index is 0.0920. The number of hydrazine groups is 1. The largest absolute Gasteiger partial charge is 0.496 e. The fourth-order valence-electron chi connectivity index (χ4n) is 2.77. The zero-order valence-corrected chi connectivity index (χ0v) is 13.2. The van der Waals surface area contributed by atoms with Gasteiger partial charge in [0.05, 0.1) is 13.2 Å². The molecule has 0 aliphatic carbocycles. The van der Waals surface area contributed by atoms with E-state index in [1.165, 1.54) is 22.3 Å². The third-order valence-electron chi connectivity index (χ3n) is 4.08. The molecule has 3 nitrogen and oxygen atoms in total. The van der Waals surface area contributed by atoms with Crippen LogP contribution in [0, 0.1) is 20.8 Å². The van der Waals surface area contributed by atoms with Gasteiger partial charge in [-0.15, -0.1) is 0 Å². The zero-order chi connectivity index (χ0) is 15.4. The first-order chi connectivity index (χ1) is 10.1. The van der Waals surface area contributed by atoms with Crippen molar-refractivity contribution in [2.24, 2.45) is 5.84 Å². The van der Waals surface area contributed by atoms with Crippen LogP contribution in [0.1, 0.15) is 33.9 Å². The smallest absolute Gasteiger partial charge is 0.121 e. The summed E-state index contributed by atoms with van der Waals surface area (Å²) in [6.07, 6.45) is 0.876. The fourth-order valence-corrected chi connectivity index (χ4v) is 2.77. The predicted molar refractivity (Wildman–Crippen MR) is 87.4 cm³/mol. The Labute approximate surface area is 127 Å². The van der Waals surface area contributed by atoms with Crippen LogP contribution in [0.3, 0.4) is 0 Å². The quantitative estimate of drug-likeness (QED) is 0.653. The molecule has 0 saturated carbocycles. The summed E-state index contributed by atoms with van der Waals surface area (Å²) in [6.45, 7) is 6.35. The van der Waals surface area contributed by atoms with E-state index in [1.807, 2.05) is 6.07 Å². The SMILES string of the molecule is COc1ccc(C(Cc2c(C)cccc2C)NN)cc1C. The van der Waals surface area contributed by atoms with E-state index in [9.17, 15) is 0 Å². The minimum atomic E-state index is 0.0920. The third-order valence-corrected chi connectivity index (χ3v) is 4.08. The molecule has 0 aromatic heterocycles. The lowest BCUT2D eigenvalue weighted by Crippen LogP contribution is -2.30. The molecule has 2 aromatic carbocycles. The molecule has 0 amide bonds. The molecule has 1 unspecified atom stereocenters. The van der Waals surface area contributed by atoms with E-state index in [-0.39, 0.29) is 6.04 Å². The summed E-state index contributed by atoms with van der Waals surface area (Å²) in [5, 5.41) is 0. The van der Waals surface area contributed by atoms with Gasteiger partial charge in [0.15, 0.2) is 0 Å². The van der Waals surface area contributed by atoms with E-state index in [1.54, 1.807) is 7.11 Å². The summed E-state index contributed by atoms with van der Waals surface area (Å²) < 4.78 is 5.32. The van der Waals surface area contributed by atoms with E-state index in [0.29, 0.717) is 0 Å². The average molecular weight is 284 g/mol. The van der Waals surface area contributed by atoms with Gasteiger partial charge in [0.1, 0.15) is 5.75 Å². The molecule has 112 valence electrons. The van der Waals surface area contributed by atoms with Crippen LogP contribution in [0.5, 0.6) is 5.75 Å². The molecule has 1 atom stereocenters. The highest BCUT2D eigenvalue weighted by Crippen LogP contribution is 2.26. The van der Waals surface area contributed by atoms with Crippen molar-refractivity contribution in [3.8, 4) is 5.75 Å². The maximum Gasteiger partial charge on any atom is 0.121 e. The van der Waals surface area contributed by atoms with Crippen LogP contribution >= 0.6 is 0 Å². The Bertz CT molecular complexity index is 602.